The van der Waals surface area contributed by atoms with Crippen molar-refractivity contribution in [1.29, 1.82) is 0 Å². The lowest BCUT2D eigenvalue weighted by Crippen LogP contribution is -2.15. The Morgan fingerprint density at radius 3 is 2.26 bits per heavy atom. The molecule has 0 N–H and O–H groups in total. The standard InChI is InChI=1S/C24H31F3/c1-3-5-6-8-18-13-14-19-15-20(23(26)24(27)21(19)22(18)25)17-11-9-16(7-4-2)10-12-17/h13-17H,3-12H2,1-2H3. The molecule has 0 spiro atoms. The molecule has 0 aromatic heterocycles. The van der Waals surface area contributed by atoms with Crippen LogP contribution in [0.15, 0.2) is 18.2 Å². The van der Waals surface area contributed by atoms with Gasteiger partial charge in [0, 0.05) is 0 Å². The van der Waals surface area contributed by atoms with Gasteiger partial charge < -0.3 is 0 Å². The van der Waals surface area contributed by atoms with Gasteiger partial charge >= 0.3 is 0 Å². The molecule has 1 saturated carbocycles. The minimum atomic E-state index is -1.01. The lowest BCUT2D eigenvalue weighted by Gasteiger charge is -2.29. The fraction of sp³-hybridized carbons (Fsp3) is 0.583. The molecule has 2 aromatic rings. The average molecular weight is 377 g/mol. The number of unbranched alkanes of at least 4 members (excludes halogenated alkanes) is 2. The minimum absolute atomic E-state index is 0.0456. The second-order valence-electron chi connectivity index (χ2n) is 8.19. The maximum absolute atomic E-state index is 14.8. The zero-order valence-corrected chi connectivity index (χ0v) is 16.6. The van der Waals surface area contributed by atoms with Gasteiger partial charge in [-0.25, -0.2) is 13.2 Å². The molecule has 0 nitrogen and oxygen atoms in total. The third-order valence-corrected chi connectivity index (χ3v) is 6.26. The first-order chi connectivity index (χ1) is 13.1. The van der Waals surface area contributed by atoms with Crippen LogP contribution in [0.25, 0.3) is 10.8 Å². The van der Waals surface area contributed by atoms with Gasteiger partial charge in [-0.05, 0) is 72.9 Å². The number of halogens is 3. The van der Waals surface area contributed by atoms with Crippen molar-refractivity contribution in [3.05, 3.63) is 46.8 Å². The number of rotatable bonds is 7. The molecule has 1 aliphatic rings. The summed E-state index contributed by atoms with van der Waals surface area (Å²) in [5.74, 6) is -1.68. The van der Waals surface area contributed by atoms with Crippen molar-refractivity contribution >= 4 is 10.8 Å². The van der Waals surface area contributed by atoms with Crippen LogP contribution in [0, 0.1) is 23.4 Å². The van der Waals surface area contributed by atoms with E-state index < -0.39 is 17.5 Å². The molecule has 0 radical (unpaired) electrons. The largest absolute Gasteiger partial charge is 0.206 e. The first-order valence-electron chi connectivity index (χ1n) is 10.7. The molecule has 0 unspecified atom stereocenters. The predicted molar refractivity (Wildman–Crippen MR) is 107 cm³/mol. The summed E-state index contributed by atoms with van der Waals surface area (Å²) in [5.41, 5.74) is 0.926. The van der Waals surface area contributed by atoms with Crippen LogP contribution in [-0.2, 0) is 6.42 Å². The van der Waals surface area contributed by atoms with E-state index in [0.29, 0.717) is 28.9 Å². The number of fused-ring (bicyclic) bond motifs is 1. The Kier molecular flexibility index (Phi) is 6.83. The SMILES string of the molecule is CCCCCc1ccc2cc(C3CCC(CCC)CC3)c(F)c(F)c2c1F. The van der Waals surface area contributed by atoms with Gasteiger partial charge in [0.25, 0.3) is 0 Å². The minimum Gasteiger partial charge on any atom is -0.206 e. The topological polar surface area (TPSA) is 0 Å². The Morgan fingerprint density at radius 1 is 0.852 bits per heavy atom. The van der Waals surface area contributed by atoms with Gasteiger partial charge in [-0.1, -0.05) is 51.7 Å². The molecule has 3 heteroatoms. The third kappa shape index (κ3) is 4.33. The Balaban J connectivity index is 1.89. The lowest BCUT2D eigenvalue weighted by atomic mass is 9.76. The predicted octanol–water partition coefficient (Wildman–Crippen LogP) is 8.06. The summed E-state index contributed by atoms with van der Waals surface area (Å²) in [4.78, 5) is 0. The molecule has 0 heterocycles. The van der Waals surface area contributed by atoms with Crippen molar-refractivity contribution in [3.63, 3.8) is 0 Å². The molecule has 3 rings (SSSR count). The fourth-order valence-corrected chi connectivity index (χ4v) is 4.67. The van der Waals surface area contributed by atoms with E-state index in [4.69, 9.17) is 0 Å². The van der Waals surface area contributed by atoms with E-state index >= 15 is 0 Å². The van der Waals surface area contributed by atoms with Crippen molar-refractivity contribution in [3.8, 4) is 0 Å². The lowest BCUT2D eigenvalue weighted by molar-refractivity contribution is 0.303. The highest BCUT2D eigenvalue weighted by molar-refractivity contribution is 5.85. The van der Waals surface area contributed by atoms with Gasteiger partial charge in [0.05, 0.1) is 5.39 Å². The maximum Gasteiger partial charge on any atom is 0.169 e. The van der Waals surface area contributed by atoms with E-state index in [1.54, 1.807) is 18.2 Å². The van der Waals surface area contributed by atoms with Crippen LogP contribution in [0.2, 0.25) is 0 Å². The Hall–Kier alpha value is -1.51. The van der Waals surface area contributed by atoms with Crippen LogP contribution in [0.1, 0.15) is 88.7 Å². The van der Waals surface area contributed by atoms with Gasteiger partial charge in [-0.15, -0.1) is 0 Å². The van der Waals surface area contributed by atoms with E-state index in [2.05, 4.69) is 13.8 Å². The Morgan fingerprint density at radius 2 is 1.59 bits per heavy atom. The number of aryl methyl sites for hydroxylation is 1. The number of hydrogen-bond acceptors (Lipinski definition) is 0. The van der Waals surface area contributed by atoms with Crippen LogP contribution in [0.5, 0.6) is 0 Å². The molecule has 0 saturated heterocycles. The first kappa shape index (κ1) is 20.2. The van der Waals surface area contributed by atoms with E-state index in [1.165, 1.54) is 12.8 Å². The number of benzene rings is 2. The molecule has 2 aromatic carbocycles. The monoisotopic (exact) mass is 376 g/mol. The molecule has 27 heavy (non-hydrogen) atoms. The molecule has 148 valence electrons. The van der Waals surface area contributed by atoms with Crippen molar-refractivity contribution in [1.82, 2.24) is 0 Å². The first-order valence-corrected chi connectivity index (χ1v) is 10.7. The highest BCUT2D eigenvalue weighted by Gasteiger charge is 2.27. The van der Waals surface area contributed by atoms with Gasteiger partial charge in [0.15, 0.2) is 11.6 Å². The normalized spacial score (nSPS) is 20.3. The quantitative estimate of drug-likeness (QED) is 0.429. The van der Waals surface area contributed by atoms with Crippen molar-refractivity contribution in [2.45, 2.75) is 84.0 Å². The Labute approximate surface area is 161 Å². The number of hydrogen-bond donors (Lipinski definition) is 0. The van der Waals surface area contributed by atoms with Crippen molar-refractivity contribution in [2.75, 3.05) is 0 Å². The summed E-state index contributed by atoms with van der Waals surface area (Å²) < 4.78 is 44.5. The molecule has 0 amide bonds. The smallest absolute Gasteiger partial charge is 0.169 e. The Bertz CT molecular complexity index is 773. The third-order valence-electron chi connectivity index (χ3n) is 6.26. The van der Waals surface area contributed by atoms with Crippen LogP contribution >= 0.6 is 0 Å². The van der Waals surface area contributed by atoms with E-state index in [0.717, 1.165) is 44.9 Å². The summed E-state index contributed by atoms with van der Waals surface area (Å²) >= 11 is 0. The summed E-state index contributed by atoms with van der Waals surface area (Å²) in [6, 6.07) is 5.19. The van der Waals surface area contributed by atoms with Crippen LogP contribution in [0.4, 0.5) is 13.2 Å². The second kappa shape index (κ2) is 9.12. The van der Waals surface area contributed by atoms with Crippen LogP contribution in [-0.4, -0.2) is 0 Å². The maximum atomic E-state index is 14.8. The average Bonchev–Trinajstić information content (AvgIpc) is 2.67. The molecule has 1 fully saturated rings. The van der Waals surface area contributed by atoms with Crippen LogP contribution < -0.4 is 0 Å². The summed E-state index contributed by atoms with van der Waals surface area (Å²) in [6.07, 6.45) is 9.80. The highest BCUT2D eigenvalue weighted by atomic mass is 19.2. The molecule has 0 aliphatic heterocycles. The zero-order chi connectivity index (χ0) is 19.4. The highest BCUT2D eigenvalue weighted by Crippen LogP contribution is 2.40. The van der Waals surface area contributed by atoms with E-state index in [9.17, 15) is 13.2 Å². The van der Waals surface area contributed by atoms with Crippen molar-refractivity contribution in [2.24, 2.45) is 5.92 Å². The molecule has 0 bridgehead atoms. The zero-order valence-electron chi connectivity index (χ0n) is 16.6. The summed E-state index contributed by atoms with van der Waals surface area (Å²) in [7, 11) is 0. The van der Waals surface area contributed by atoms with Gasteiger partial charge in [-0.3, -0.25) is 0 Å². The van der Waals surface area contributed by atoms with E-state index in [1.807, 2.05) is 0 Å². The summed E-state index contributed by atoms with van der Waals surface area (Å²) in [6.45, 7) is 4.28. The second-order valence-corrected chi connectivity index (χ2v) is 8.19. The van der Waals surface area contributed by atoms with Gasteiger partial charge in [0.1, 0.15) is 5.82 Å². The van der Waals surface area contributed by atoms with Crippen LogP contribution in [0.3, 0.4) is 0 Å². The summed E-state index contributed by atoms with van der Waals surface area (Å²) in [5, 5.41) is 0.307. The molecular weight excluding hydrogens is 345 g/mol. The molecule has 0 atom stereocenters. The molecule has 1 aliphatic carbocycles. The van der Waals surface area contributed by atoms with Gasteiger partial charge in [0.2, 0.25) is 0 Å². The van der Waals surface area contributed by atoms with Gasteiger partial charge in [-0.2, -0.15) is 0 Å². The van der Waals surface area contributed by atoms with E-state index in [-0.39, 0.29) is 11.3 Å². The fourth-order valence-electron chi connectivity index (χ4n) is 4.67. The van der Waals surface area contributed by atoms with Crippen molar-refractivity contribution < 1.29 is 13.2 Å². The molecular formula is C24H31F3.